The first-order valence-electron chi connectivity index (χ1n) is 5.47. The van der Waals surface area contributed by atoms with Crippen LogP contribution in [-0.4, -0.2) is 35.4 Å². The van der Waals surface area contributed by atoms with Crippen molar-refractivity contribution in [2.75, 3.05) is 11.5 Å². The Balaban J connectivity index is 2.49. The van der Waals surface area contributed by atoms with Gasteiger partial charge in [0.25, 0.3) is 0 Å². The second kappa shape index (κ2) is 7.06. The van der Waals surface area contributed by atoms with Gasteiger partial charge in [-0.3, -0.25) is 9.59 Å². The maximum Gasteiger partial charge on any atom is 0.230 e. The fourth-order valence-electron chi connectivity index (χ4n) is 1.98. The number of amides is 2. The molecule has 1 rings (SSSR count). The summed E-state index contributed by atoms with van der Waals surface area (Å²) in [4.78, 5) is 22.5. The first-order chi connectivity index (χ1) is 7.67. The van der Waals surface area contributed by atoms with Crippen molar-refractivity contribution in [3.8, 4) is 0 Å². The molecule has 2 N–H and O–H groups in total. The van der Waals surface area contributed by atoms with E-state index in [1.54, 1.807) is 0 Å². The molecular formula is C10H18N2O2S2. The molecule has 16 heavy (non-hydrogen) atoms. The third-order valence-corrected chi connectivity index (χ3v) is 3.32. The van der Waals surface area contributed by atoms with Crippen LogP contribution in [0.15, 0.2) is 0 Å². The fourth-order valence-corrected chi connectivity index (χ4v) is 2.16. The molecule has 1 fully saturated rings. The van der Waals surface area contributed by atoms with Crippen molar-refractivity contribution in [3.05, 3.63) is 0 Å². The zero-order valence-corrected chi connectivity index (χ0v) is 10.9. The summed E-state index contributed by atoms with van der Waals surface area (Å²) in [5.41, 5.74) is 0. The van der Waals surface area contributed by atoms with Crippen LogP contribution >= 0.6 is 25.3 Å². The molecule has 0 radical (unpaired) electrons. The fraction of sp³-hybridized carbons (Fsp3) is 0.800. The van der Waals surface area contributed by atoms with Gasteiger partial charge >= 0.3 is 0 Å². The highest BCUT2D eigenvalue weighted by Crippen LogP contribution is 2.18. The number of thiol groups is 2. The van der Waals surface area contributed by atoms with Gasteiger partial charge in [-0.15, -0.1) is 0 Å². The summed E-state index contributed by atoms with van der Waals surface area (Å²) in [7, 11) is 0. The molecule has 0 aromatic carbocycles. The zero-order valence-electron chi connectivity index (χ0n) is 9.11. The van der Waals surface area contributed by atoms with Crippen LogP contribution in [0, 0.1) is 0 Å². The molecule has 0 saturated heterocycles. The summed E-state index contributed by atoms with van der Waals surface area (Å²) in [5.74, 6) is 0.203. The lowest BCUT2D eigenvalue weighted by Crippen LogP contribution is -2.53. The molecule has 0 spiro atoms. The first-order valence-corrected chi connectivity index (χ1v) is 6.74. The molecule has 1 aliphatic rings. The summed E-state index contributed by atoms with van der Waals surface area (Å²) in [6, 6.07) is 0.0782. The second-order valence-corrected chi connectivity index (χ2v) is 4.58. The Morgan fingerprint density at radius 2 is 1.31 bits per heavy atom. The van der Waals surface area contributed by atoms with Crippen LogP contribution in [0.5, 0.6) is 0 Å². The minimum atomic E-state index is -0.0830. The summed E-state index contributed by atoms with van der Waals surface area (Å²) in [5, 5.41) is 5.79. The molecular weight excluding hydrogens is 244 g/mol. The van der Waals surface area contributed by atoms with E-state index in [0.29, 0.717) is 0 Å². The van der Waals surface area contributed by atoms with E-state index in [2.05, 4.69) is 35.9 Å². The topological polar surface area (TPSA) is 58.2 Å². The van der Waals surface area contributed by atoms with Crippen molar-refractivity contribution < 1.29 is 9.59 Å². The molecule has 92 valence electrons. The van der Waals surface area contributed by atoms with Gasteiger partial charge in [0.2, 0.25) is 11.8 Å². The lowest BCUT2D eigenvalue weighted by molar-refractivity contribution is -0.122. The molecule has 0 heterocycles. The largest absolute Gasteiger partial charge is 0.351 e. The molecule has 1 aliphatic carbocycles. The van der Waals surface area contributed by atoms with Crippen molar-refractivity contribution in [2.24, 2.45) is 0 Å². The molecule has 0 unspecified atom stereocenters. The molecule has 1 saturated carbocycles. The van der Waals surface area contributed by atoms with Crippen LogP contribution in [-0.2, 0) is 9.59 Å². The van der Waals surface area contributed by atoms with Gasteiger partial charge in [-0.25, -0.2) is 0 Å². The quantitative estimate of drug-likeness (QED) is 0.554. The van der Waals surface area contributed by atoms with Crippen LogP contribution < -0.4 is 10.6 Å². The van der Waals surface area contributed by atoms with Gasteiger partial charge in [0, 0.05) is 12.1 Å². The zero-order chi connectivity index (χ0) is 12.0. The number of nitrogens with one attached hydrogen (secondary N) is 2. The predicted molar refractivity (Wildman–Crippen MR) is 70.0 cm³/mol. The Kier molecular flexibility index (Phi) is 6.05. The molecule has 2 atom stereocenters. The highest BCUT2D eigenvalue weighted by atomic mass is 32.1. The van der Waals surface area contributed by atoms with Crippen LogP contribution in [0.3, 0.4) is 0 Å². The van der Waals surface area contributed by atoms with Crippen molar-refractivity contribution in [3.63, 3.8) is 0 Å². The monoisotopic (exact) mass is 262 g/mol. The number of carbonyl (C=O) groups excluding carboxylic acids is 2. The van der Waals surface area contributed by atoms with Gasteiger partial charge in [-0.05, 0) is 12.8 Å². The van der Waals surface area contributed by atoms with E-state index in [1.807, 2.05) is 0 Å². The smallest absolute Gasteiger partial charge is 0.230 e. The lowest BCUT2D eigenvalue weighted by Gasteiger charge is -2.32. The van der Waals surface area contributed by atoms with Gasteiger partial charge < -0.3 is 10.6 Å². The Morgan fingerprint density at radius 1 is 0.938 bits per heavy atom. The van der Waals surface area contributed by atoms with Crippen LogP contribution in [0.25, 0.3) is 0 Å². The minimum absolute atomic E-state index is 0.0391. The third-order valence-electron chi connectivity index (χ3n) is 2.75. The van der Waals surface area contributed by atoms with Gasteiger partial charge in [0.05, 0.1) is 11.5 Å². The molecule has 0 aromatic rings. The van der Waals surface area contributed by atoms with Crippen molar-refractivity contribution in [2.45, 2.75) is 37.8 Å². The standard InChI is InChI=1S/C10H18N2O2S2/c13-9(5-15)11-7-3-1-2-4-8(7)12-10(14)6-16/h7-8,15-16H,1-6H2,(H,11,13)(H,12,14)/t7-,8+. The van der Waals surface area contributed by atoms with Crippen LogP contribution in [0.2, 0.25) is 0 Å². The maximum absolute atomic E-state index is 11.3. The van der Waals surface area contributed by atoms with Crippen molar-refractivity contribution >= 4 is 37.1 Å². The number of carbonyl (C=O) groups is 2. The van der Waals surface area contributed by atoms with Gasteiger partial charge in [-0.1, -0.05) is 12.8 Å². The summed E-state index contributed by atoms with van der Waals surface area (Å²) in [6.45, 7) is 0. The number of rotatable bonds is 4. The van der Waals surface area contributed by atoms with Gasteiger partial charge in [0.1, 0.15) is 0 Å². The molecule has 4 nitrogen and oxygen atoms in total. The van der Waals surface area contributed by atoms with E-state index in [-0.39, 0.29) is 35.4 Å². The second-order valence-electron chi connectivity index (χ2n) is 3.95. The molecule has 0 bridgehead atoms. The number of hydrogen-bond donors (Lipinski definition) is 4. The van der Waals surface area contributed by atoms with Gasteiger partial charge in [0.15, 0.2) is 0 Å². The van der Waals surface area contributed by atoms with E-state index in [9.17, 15) is 9.59 Å². The van der Waals surface area contributed by atoms with Crippen molar-refractivity contribution in [1.29, 1.82) is 0 Å². The molecule has 0 aromatic heterocycles. The van der Waals surface area contributed by atoms with E-state index < -0.39 is 0 Å². The normalized spacial score (nSPS) is 24.9. The molecule has 2 amide bonds. The molecule has 6 heteroatoms. The summed E-state index contributed by atoms with van der Waals surface area (Å²) in [6.07, 6.45) is 4.00. The van der Waals surface area contributed by atoms with Crippen LogP contribution in [0.1, 0.15) is 25.7 Å². The highest BCUT2D eigenvalue weighted by Gasteiger charge is 2.26. The average molecular weight is 262 g/mol. The summed E-state index contributed by atoms with van der Waals surface area (Å²) < 4.78 is 0. The van der Waals surface area contributed by atoms with Crippen molar-refractivity contribution in [1.82, 2.24) is 10.6 Å². The van der Waals surface area contributed by atoms with E-state index in [4.69, 9.17) is 0 Å². The van der Waals surface area contributed by atoms with Gasteiger partial charge in [-0.2, -0.15) is 25.3 Å². The molecule has 0 aliphatic heterocycles. The van der Waals surface area contributed by atoms with Crippen LogP contribution in [0.4, 0.5) is 0 Å². The van der Waals surface area contributed by atoms with E-state index >= 15 is 0 Å². The number of hydrogen-bond acceptors (Lipinski definition) is 4. The SMILES string of the molecule is O=C(CS)N[C@H]1CCCC[C@H]1NC(=O)CS. The Morgan fingerprint density at radius 3 is 1.62 bits per heavy atom. The highest BCUT2D eigenvalue weighted by molar-refractivity contribution is 7.81. The Bertz CT molecular complexity index is 235. The Labute approximate surface area is 107 Å². The Hall–Kier alpha value is -0.360. The predicted octanol–water partition coefficient (Wildman–Crippen LogP) is 0.390. The first kappa shape index (κ1) is 13.7. The lowest BCUT2D eigenvalue weighted by atomic mass is 9.90. The average Bonchev–Trinajstić information content (AvgIpc) is 2.31. The maximum atomic E-state index is 11.3. The third kappa shape index (κ3) is 4.25. The summed E-state index contributed by atoms with van der Waals surface area (Å²) >= 11 is 7.84. The minimum Gasteiger partial charge on any atom is -0.351 e. The van der Waals surface area contributed by atoms with E-state index in [1.165, 1.54) is 0 Å². The van der Waals surface area contributed by atoms with E-state index in [0.717, 1.165) is 25.7 Å².